The third kappa shape index (κ3) is 3.15. The zero-order valence-corrected chi connectivity index (χ0v) is 12.6. The summed E-state index contributed by atoms with van der Waals surface area (Å²) >= 11 is 0. The van der Waals surface area contributed by atoms with E-state index in [1.807, 2.05) is 24.5 Å². The molecular weight excluding hydrogens is 262 g/mol. The predicted octanol–water partition coefficient (Wildman–Crippen LogP) is 3.39. The quantitative estimate of drug-likeness (QED) is 0.865. The van der Waals surface area contributed by atoms with E-state index in [0.717, 1.165) is 36.0 Å². The van der Waals surface area contributed by atoms with Crippen LogP contribution < -0.4 is 9.64 Å². The molecule has 3 heterocycles. The van der Waals surface area contributed by atoms with Gasteiger partial charge in [0.05, 0.1) is 7.11 Å². The lowest BCUT2D eigenvalue weighted by Crippen LogP contribution is -2.34. The van der Waals surface area contributed by atoms with Crippen molar-refractivity contribution in [2.24, 2.45) is 5.92 Å². The number of pyridine rings is 2. The van der Waals surface area contributed by atoms with Crippen LogP contribution in [0.4, 0.5) is 5.82 Å². The molecule has 1 aliphatic heterocycles. The molecule has 21 heavy (non-hydrogen) atoms. The molecule has 0 amide bonds. The summed E-state index contributed by atoms with van der Waals surface area (Å²) in [5.41, 5.74) is 2.14. The maximum atomic E-state index is 5.08. The lowest BCUT2D eigenvalue weighted by molar-refractivity contribution is 0.398. The molecule has 1 aliphatic rings. The van der Waals surface area contributed by atoms with Crippen LogP contribution in [0.5, 0.6) is 5.88 Å². The molecule has 1 fully saturated rings. The van der Waals surface area contributed by atoms with Crippen LogP contribution in [-0.4, -0.2) is 30.2 Å². The van der Waals surface area contributed by atoms with E-state index in [1.54, 1.807) is 7.11 Å². The van der Waals surface area contributed by atoms with Crippen LogP contribution in [0.2, 0.25) is 0 Å². The van der Waals surface area contributed by atoms with Gasteiger partial charge in [-0.25, -0.2) is 9.97 Å². The summed E-state index contributed by atoms with van der Waals surface area (Å²) in [7, 11) is 1.62. The van der Waals surface area contributed by atoms with Crippen molar-refractivity contribution in [3.05, 3.63) is 36.7 Å². The molecule has 0 bridgehead atoms. The summed E-state index contributed by atoms with van der Waals surface area (Å²) in [6, 6.07) is 8.10. The van der Waals surface area contributed by atoms with Crippen molar-refractivity contribution in [3.63, 3.8) is 0 Å². The predicted molar refractivity (Wildman–Crippen MR) is 84.6 cm³/mol. The van der Waals surface area contributed by atoms with Gasteiger partial charge in [0, 0.05) is 42.7 Å². The van der Waals surface area contributed by atoms with Crippen LogP contribution in [0, 0.1) is 5.92 Å². The van der Waals surface area contributed by atoms with Gasteiger partial charge >= 0.3 is 0 Å². The SMILES string of the molecule is COc1ccc(-c2ccc(N3CCCC(C)C3)nc2)cn1. The Morgan fingerprint density at radius 2 is 1.86 bits per heavy atom. The van der Waals surface area contributed by atoms with Crippen molar-refractivity contribution in [2.75, 3.05) is 25.1 Å². The van der Waals surface area contributed by atoms with Crippen molar-refractivity contribution < 1.29 is 4.74 Å². The monoisotopic (exact) mass is 283 g/mol. The summed E-state index contributed by atoms with van der Waals surface area (Å²) < 4.78 is 5.08. The number of anilines is 1. The highest BCUT2D eigenvalue weighted by Gasteiger charge is 2.17. The molecule has 4 nitrogen and oxygen atoms in total. The van der Waals surface area contributed by atoms with Crippen LogP contribution in [0.1, 0.15) is 19.8 Å². The number of piperidine rings is 1. The number of ether oxygens (including phenoxy) is 1. The van der Waals surface area contributed by atoms with E-state index in [-0.39, 0.29) is 0 Å². The number of methoxy groups -OCH3 is 1. The minimum absolute atomic E-state index is 0.630. The Labute approximate surface area is 125 Å². The Kier molecular flexibility index (Phi) is 4.04. The van der Waals surface area contributed by atoms with Gasteiger partial charge in [0.1, 0.15) is 5.82 Å². The Morgan fingerprint density at radius 1 is 1.10 bits per heavy atom. The van der Waals surface area contributed by atoms with E-state index in [9.17, 15) is 0 Å². The summed E-state index contributed by atoms with van der Waals surface area (Å²) in [5.74, 6) is 2.46. The van der Waals surface area contributed by atoms with E-state index in [4.69, 9.17) is 4.74 Å². The minimum atomic E-state index is 0.630. The van der Waals surface area contributed by atoms with E-state index < -0.39 is 0 Å². The largest absolute Gasteiger partial charge is 0.481 e. The van der Waals surface area contributed by atoms with Gasteiger partial charge in [-0.1, -0.05) is 6.92 Å². The molecule has 0 aliphatic carbocycles. The zero-order chi connectivity index (χ0) is 14.7. The van der Waals surface area contributed by atoms with Gasteiger partial charge in [-0.3, -0.25) is 0 Å². The highest BCUT2D eigenvalue weighted by molar-refractivity contribution is 5.63. The first-order chi connectivity index (χ1) is 10.3. The topological polar surface area (TPSA) is 38.2 Å². The number of rotatable bonds is 3. The summed E-state index contributed by atoms with van der Waals surface area (Å²) in [4.78, 5) is 11.2. The van der Waals surface area contributed by atoms with Crippen molar-refractivity contribution in [1.82, 2.24) is 9.97 Å². The molecular formula is C17H21N3O. The number of hydrogen-bond acceptors (Lipinski definition) is 4. The van der Waals surface area contributed by atoms with Crippen molar-refractivity contribution >= 4 is 5.82 Å². The standard InChI is InChI=1S/C17H21N3O/c1-13-4-3-9-20(12-13)16-7-5-14(10-18-16)15-6-8-17(21-2)19-11-15/h5-8,10-11,13H,3-4,9,12H2,1-2H3. The summed E-state index contributed by atoms with van der Waals surface area (Å²) in [5, 5.41) is 0. The molecule has 1 saturated heterocycles. The molecule has 0 aromatic carbocycles. The molecule has 0 N–H and O–H groups in total. The average Bonchev–Trinajstić information content (AvgIpc) is 2.55. The van der Waals surface area contributed by atoms with Gasteiger partial charge in [0.2, 0.25) is 5.88 Å². The molecule has 1 unspecified atom stereocenters. The number of aromatic nitrogens is 2. The first kappa shape index (κ1) is 13.9. The van der Waals surface area contributed by atoms with Crippen molar-refractivity contribution in [1.29, 1.82) is 0 Å². The molecule has 2 aromatic rings. The fourth-order valence-electron chi connectivity index (χ4n) is 2.81. The Hall–Kier alpha value is -2.10. The molecule has 0 radical (unpaired) electrons. The minimum Gasteiger partial charge on any atom is -0.481 e. The summed E-state index contributed by atoms with van der Waals surface area (Å²) in [6.45, 7) is 4.53. The lowest BCUT2D eigenvalue weighted by atomic mass is 10.0. The molecule has 3 rings (SSSR count). The van der Waals surface area contributed by atoms with Crippen LogP contribution in [0.25, 0.3) is 11.1 Å². The second-order valence-corrected chi connectivity index (χ2v) is 5.69. The third-order valence-corrected chi connectivity index (χ3v) is 4.01. The number of hydrogen-bond donors (Lipinski definition) is 0. The Balaban J connectivity index is 1.76. The molecule has 0 spiro atoms. The van der Waals surface area contributed by atoms with Crippen LogP contribution >= 0.6 is 0 Å². The van der Waals surface area contributed by atoms with Gasteiger partial charge in [0.15, 0.2) is 0 Å². The van der Waals surface area contributed by atoms with E-state index in [1.165, 1.54) is 12.8 Å². The maximum absolute atomic E-state index is 5.08. The first-order valence-corrected chi connectivity index (χ1v) is 7.47. The second kappa shape index (κ2) is 6.12. The van der Waals surface area contributed by atoms with Crippen molar-refractivity contribution in [3.8, 4) is 17.0 Å². The molecule has 2 aromatic heterocycles. The zero-order valence-electron chi connectivity index (χ0n) is 12.6. The highest BCUT2D eigenvalue weighted by Crippen LogP contribution is 2.24. The lowest BCUT2D eigenvalue weighted by Gasteiger charge is -2.31. The fourth-order valence-corrected chi connectivity index (χ4v) is 2.81. The van der Waals surface area contributed by atoms with E-state index >= 15 is 0 Å². The first-order valence-electron chi connectivity index (χ1n) is 7.47. The van der Waals surface area contributed by atoms with Crippen LogP contribution in [0.3, 0.4) is 0 Å². The van der Waals surface area contributed by atoms with Gasteiger partial charge in [-0.2, -0.15) is 0 Å². The normalized spacial score (nSPS) is 18.6. The molecule has 4 heteroatoms. The Morgan fingerprint density at radius 3 is 2.43 bits per heavy atom. The highest BCUT2D eigenvalue weighted by atomic mass is 16.5. The second-order valence-electron chi connectivity index (χ2n) is 5.69. The summed E-state index contributed by atoms with van der Waals surface area (Å²) in [6.07, 6.45) is 6.33. The van der Waals surface area contributed by atoms with Gasteiger partial charge in [-0.05, 0) is 37.0 Å². The van der Waals surface area contributed by atoms with Gasteiger partial charge < -0.3 is 9.64 Å². The maximum Gasteiger partial charge on any atom is 0.212 e. The third-order valence-electron chi connectivity index (χ3n) is 4.01. The van der Waals surface area contributed by atoms with E-state index in [0.29, 0.717) is 5.88 Å². The van der Waals surface area contributed by atoms with Crippen LogP contribution in [-0.2, 0) is 0 Å². The molecule has 110 valence electrons. The van der Waals surface area contributed by atoms with Gasteiger partial charge in [-0.15, -0.1) is 0 Å². The number of nitrogens with zero attached hydrogens (tertiary/aromatic N) is 3. The van der Waals surface area contributed by atoms with Crippen LogP contribution in [0.15, 0.2) is 36.7 Å². The van der Waals surface area contributed by atoms with E-state index in [2.05, 4.69) is 33.9 Å². The fraction of sp³-hybridized carbons (Fsp3) is 0.412. The van der Waals surface area contributed by atoms with Gasteiger partial charge in [0.25, 0.3) is 0 Å². The smallest absolute Gasteiger partial charge is 0.212 e. The Bertz CT molecular complexity index is 580. The average molecular weight is 283 g/mol. The molecule has 1 atom stereocenters. The van der Waals surface area contributed by atoms with Crippen molar-refractivity contribution in [2.45, 2.75) is 19.8 Å². The molecule has 0 saturated carbocycles.